The average Bonchev–Trinajstić information content (AvgIpc) is 2.97. The summed E-state index contributed by atoms with van der Waals surface area (Å²) in [6, 6.07) is 8.58. The first kappa shape index (κ1) is 35.7. The van der Waals surface area contributed by atoms with E-state index in [0.717, 1.165) is 5.56 Å². The van der Waals surface area contributed by atoms with Crippen LogP contribution in [0.15, 0.2) is 30.3 Å². The normalized spacial score (nSPS) is 11.8. The number of carbonyl (C=O) groups excluding carboxylic acids is 2. The van der Waals surface area contributed by atoms with Crippen molar-refractivity contribution in [1.82, 2.24) is 10.6 Å². The molecule has 0 aliphatic carbocycles. The number of hydrogen-bond acceptors (Lipinski definition) is 11. The van der Waals surface area contributed by atoms with Gasteiger partial charge < -0.3 is 53.3 Å². The molecular formula is C27H46N2O11. The largest absolute Gasteiger partial charge is 0.447 e. The molecule has 230 valence electrons. The highest BCUT2D eigenvalue weighted by molar-refractivity contribution is 5.85. The van der Waals surface area contributed by atoms with Gasteiger partial charge in [0.1, 0.15) is 12.6 Å². The van der Waals surface area contributed by atoms with Crippen LogP contribution in [0.5, 0.6) is 0 Å². The van der Waals surface area contributed by atoms with Crippen molar-refractivity contribution >= 4 is 12.0 Å². The Bertz CT molecular complexity index is 728. The molecule has 13 heteroatoms. The maximum Gasteiger partial charge on any atom is 0.407 e. The van der Waals surface area contributed by atoms with Crippen molar-refractivity contribution in [3.8, 4) is 0 Å². The number of alkyl carbamates (subject to hydrolysis) is 1. The summed E-state index contributed by atoms with van der Waals surface area (Å²) in [7, 11) is 3.08. The van der Waals surface area contributed by atoms with Crippen LogP contribution in [-0.4, -0.2) is 131 Å². The maximum absolute atomic E-state index is 12.4. The Kier molecular flexibility index (Phi) is 23.9. The summed E-state index contributed by atoms with van der Waals surface area (Å²) in [6.07, 6.45) is -0.728. The number of carbonyl (C=O) groups is 2. The zero-order chi connectivity index (χ0) is 28.9. The van der Waals surface area contributed by atoms with Crippen molar-refractivity contribution in [1.29, 1.82) is 0 Å². The van der Waals surface area contributed by atoms with E-state index < -0.39 is 12.1 Å². The SMILES string of the molecule is COCCOCCOCCOCCOCCOCCOCCOC(=O)N[C@H](COC)C(=O)NCc1ccccc1. The summed E-state index contributed by atoms with van der Waals surface area (Å²) >= 11 is 0. The Labute approximate surface area is 237 Å². The molecule has 2 N–H and O–H groups in total. The Morgan fingerprint density at radius 3 is 1.52 bits per heavy atom. The highest BCUT2D eigenvalue weighted by Gasteiger charge is 2.21. The molecule has 2 amide bonds. The molecule has 1 aromatic rings. The van der Waals surface area contributed by atoms with Gasteiger partial charge in [-0.05, 0) is 5.56 Å². The quantitative estimate of drug-likeness (QED) is 0.144. The minimum absolute atomic E-state index is 0.0157. The Hall–Kier alpha value is -2.36. The van der Waals surface area contributed by atoms with Crippen LogP contribution in [0, 0.1) is 0 Å². The number of hydrogen-bond donors (Lipinski definition) is 2. The van der Waals surface area contributed by atoms with Crippen LogP contribution in [-0.2, 0) is 54.0 Å². The second-order valence-corrected chi connectivity index (χ2v) is 8.16. The van der Waals surface area contributed by atoms with Gasteiger partial charge in [0.15, 0.2) is 0 Å². The molecule has 0 radical (unpaired) electrons. The monoisotopic (exact) mass is 574 g/mol. The molecule has 0 bridgehead atoms. The first-order valence-corrected chi connectivity index (χ1v) is 13.4. The molecule has 1 atom stereocenters. The van der Waals surface area contributed by atoms with Gasteiger partial charge in [0, 0.05) is 20.8 Å². The number of ether oxygens (including phenoxy) is 9. The van der Waals surface area contributed by atoms with E-state index in [1.165, 1.54) is 7.11 Å². The van der Waals surface area contributed by atoms with Gasteiger partial charge in [0.05, 0.1) is 92.5 Å². The van der Waals surface area contributed by atoms with Gasteiger partial charge >= 0.3 is 6.09 Å². The highest BCUT2D eigenvalue weighted by atomic mass is 16.6. The van der Waals surface area contributed by atoms with Crippen molar-refractivity contribution in [3.05, 3.63) is 35.9 Å². The van der Waals surface area contributed by atoms with Crippen molar-refractivity contribution in [2.45, 2.75) is 12.6 Å². The lowest BCUT2D eigenvalue weighted by molar-refractivity contribution is -0.124. The van der Waals surface area contributed by atoms with E-state index >= 15 is 0 Å². The van der Waals surface area contributed by atoms with Gasteiger partial charge in [-0.1, -0.05) is 30.3 Å². The lowest BCUT2D eigenvalue weighted by atomic mass is 10.2. The molecule has 0 saturated carbocycles. The third-order valence-electron chi connectivity index (χ3n) is 5.00. The number of methoxy groups -OCH3 is 2. The molecule has 0 unspecified atom stereocenters. The molecule has 1 aromatic carbocycles. The smallest absolute Gasteiger partial charge is 0.407 e. The zero-order valence-electron chi connectivity index (χ0n) is 23.8. The third-order valence-corrected chi connectivity index (χ3v) is 5.00. The number of benzene rings is 1. The third kappa shape index (κ3) is 21.5. The van der Waals surface area contributed by atoms with Gasteiger partial charge in [-0.25, -0.2) is 4.79 Å². The van der Waals surface area contributed by atoms with Crippen molar-refractivity contribution in [3.63, 3.8) is 0 Å². The summed E-state index contributed by atoms with van der Waals surface area (Å²) in [5.41, 5.74) is 0.947. The molecule has 0 aliphatic rings. The van der Waals surface area contributed by atoms with Crippen LogP contribution in [0.4, 0.5) is 4.79 Å². The molecule has 0 aliphatic heterocycles. The van der Waals surface area contributed by atoms with E-state index in [0.29, 0.717) is 85.8 Å². The predicted octanol–water partition coefficient (Wildman–Crippen LogP) is 0.790. The molecule has 1 rings (SSSR count). The minimum atomic E-state index is -0.875. The zero-order valence-corrected chi connectivity index (χ0v) is 23.8. The van der Waals surface area contributed by atoms with Crippen molar-refractivity contribution < 1.29 is 52.2 Å². The fourth-order valence-electron chi connectivity index (χ4n) is 2.98. The molecule has 13 nitrogen and oxygen atoms in total. The number of nitrogens with one attached hydrogen (secondary N) is 2. The lowest BCUT2D eigenvalue weighted by Gasteiger charge is -2.17. The van der Waals surface area contributed by atoms with Crippen LogP contribution >= 0.6 is 0 Å². The molecule has 0 spiro atoms. The average molecular weight is 575 g/mol. The van der Waals surface area contributed by atoms with E-state index in [9.17, 15) is 9.59 Å². The molecule has 0 aromatic heterocycles. The van der Waals surface area contributed by atoms with Gasteiger partial charge in [-0.15, -0.1) is 0 Å². The number of rotatable bonds is 27. The second-order valence-electron chi connectivity index (χ2n) is 8.16. The first-order chi connectivity index (χ1) is 19.7. The summed E-state index contributed by atoms with van der Waals surface area (Å²) < 4.78 is 47.3. The van der Waals surface area contributed by atoms with Crippen LogP contribution in [0.25, 0.3) is 0 Å². The van der Waals surface area contributed by atoms with Crippen molar-refractivity contribution in [2.75, 3.05) is 113 Å². The molecule has 0 fully saturated rings. The van der Waals surface area contributed by atoms with E-state index in [2.05, 4.69) is 10.6 Å². The Morgan fingerprint density at radius 2 is 1.07 bits per heavy atom. The van der Waals surface area contributed by atoms with Gasteiger partial charge in [0.25, 0.3) is 0 Å². The van der Waals surface area contributed by atoms with Gasteiger partial charge in [-0.3, -0.25) is 4.79 Å². The number of amides is 2. The first-order valence-electron chi connectivity index (χ1n) is 13.4. The lowest BCUT2D eigenvalue weighted by Crippen LogP contribution is -2.49. The molecule has 0 heterocycles. The van der Waals surface area contributed by atoms with Crippen LogP contribution in [0.1, 0.15) is 5.56 Å². The van der Waals surface area contributed by atoms with E-state index in [1.807, 2.05) is 30.3 Å². The van der Waals surface area contributed by atoms with Crippen LogP contribution in [0.3, 0.4) is 0 Å². The predicted molar refractivity (Wildman–Crippen MR) is 145 cm³/mol. The maximum atomic E-state index is 12.4. The standard InChI is InChI=1S/C27H46N2O11/c1-32-8-9-34-10-11-35-12-13-36-14-15-37-16-17-38-18-19-39-20-21-40-27(31)29-25(23-33-2)26(30)28-22-24-6-4-3-5-7-24/h3-7,25H,8-23H2,1-2H3,(H,28,30)(H,29,31)/t25-/m1/s1. The molecule has 40 heavy (non-hydrogen) atoms. The Morgan fingerprint density at radius 1 is 0.625 bits per heavy atom. The van der Waals surface area contributed by atoms with Crippen LogP contribution in [0.2, 0.25) is 0 Å². The van der Waals surface area contributed by atoms with E-state index in [4.69, 9.17) is 42.6 Å². The van der Waals surface area contributed by atoms with Gasteiger partial charge in [0.2, 0.25) is 5.91 Å². The summed E-state index contributed by atoms with van der Waals surface area (Å²) in [5, 5.41) is 5.27. The minimum Gasteiger partial charge on any atom is -0.447 e. The van der Waals surface area contributed by atoms with Crippen molar-refractivity contribution in [2.24, 2.45) is 0 Å². The van der Waals surface area contributed by atoms with Crippen LogP contribution < -0.4 is 10.6 Å². The van der Waals surface area contributed by atoms with Gasteiger partial charge in [-0.2, -0.15) is 0 Å². The summed E-state index contributed by atoms with van der Waals surface area (Å²) in [6.45, 7) is 6.37. The highest BCUT2D eigenvalue weighted by Crippen LogP contribution is 1.98. The topological polar surface area (TPSA) is 141 Å². The summed E-state index contributed by atoms with van der Waals surface area (Å²) in [4.78, 5) is 24.4. The Balaban J connectivity index is 1.89. The fraction of sp³-hybridized carbons (Fsp3) is 0.704. The summed E-state index contributed by atoms with van der Waals surface area (Å²) in [5.74, 6) is -0.367. The fourth-order valence-corrected chi connectivity index (χ4v) is 2.98. The second kappa shape index (κ2) is 26.8. The molecule has 0 saturated heterocycles. The van der Waals surface area contributed by atoms with E-state index in [1.54, 1.807) is 7.11 Å². The van der Waals surface area contributed by atoms with E-state index in [-0.39, 0.29) is 25.7 Å². The molecular weight excluding hydrogens is 528 g/mol.